The Labute approximate surface area is 110 Å². The van der Waals surface area contributed by atoms with Gasteiger partial charge in [-0.3, -0.25) is 0 Å². The molecule has 0 aromatic heterocycles. The number of hydrogen-bond acceptors (Lipinski definition) is 5. The molecule has 1 rings (SSSR count). The van der Waals surface area contributed by atoms with E-state index in [1.54, 1.807) is 7.11 Å². The lowest BCUT2D eigenvalue weighted by Crippen LogP contribution is -2.12. The fourth-order valence-corrected chi connectivity index (χ4v) is 1.37. The Balaban J connectivity index is 2.30. The van der Waals surface area contributed by atoms with Crippen LogP contribution in [0.25, 0.3) is 0 Å². The Morgan fingerprint density at radius 3 is 2.67 bits per heavy atom. The highest BCUT2D eigenvalue weighted by atomic mass is 32.1. The van der Waals surface area contributed by atoms with Gasteiger partial charge in [-0.2, -0.15) is 0 Å². The molecule has 0 saturated carbocycles. The van der Waals surface area contributed by atoms with Gasteiger partial charge in [-0.05, 0) is 18.2 Å². The lowest BCUT2D eigenvalue weighted by atomic mass is 10.2. The highest BCUT2D eigenvalue weighted by Crippen LogP contribution is 2.14. The predicted molar refractivity (Wildman–Crippen MR) is 66.6 cm³/mol. The Bertz CT molecular complexity index is 398. The third kappa shape index (κ3) is 5.03. The number of thiol groups is 1. The van der Waals surface area contributed by atoms with Gasteiger partial charge in [0.25, 0.3) is 0 Å². The van der Waals surface area contributed by atoms with E-state index in [9.17, 15) is 9.18 Å². The Hall–Kier alpha value is -1.11. The van der Waals surface area contributed by atoms with E-state index in [-0.39, 0.29) is 17.1 Å². The number of rotatable bonds is 7. The van der Waals surface area contributed by atoms with Crippen LogP contribution in [0.5, 0.6) is 0 Å². The SMILES string of the molecule is COCCOCCOC(=O)c1ccc(F)c(S)c1. The van der Waals surface area contributed by atoms with Crippen molar-refractivity contribution in [2.24, 2.45) is 0 Å². The molecule has 0 unspecified atom stereocenters. The molecule has 0 aliphatic carbocycles. The zero-order valence-electron chi connectivity index (χ0n) is 10.0. The summed E-state index contributed by atoms with van der Waals surface area (Å²) < 4.78 is 27.8. The number of esters is 1. The van der Waals surface area contributed by atoms with Gasteiger partial charge in [0.05, 0.1) is 25.4 Å². The minimum atomic E-state index is -0.527. The summed E-state index contributed by atoms with van der Waals surface area (Å²) in [5.74, 6) is -1.00. The molecule has 0 spiro atoms. The van der Waals surface area contributed by atoms with Gasteiger partial charge < -0.3 is 14.2 Å². The third-order valence-electron chi connectivity index (χ3n) is 2.07. The van der Waals surface area contributed by atoms with Crippen LogP contribution in [-0.4, -0.2) is 39.5 Å². The van der Waals surface area contributed by atoms with E-state index in [2.05, 4.69) is 12.6 Å². The smallest absolute Gasteiger partial charge is 0.338 e. The first-order valence-electron chi connectivity index (χ1n) is 5.37. The van der Waals surface area contributed by atoms with Gasteiger partial charge in [0, 0.05) is 12.0 Å². The highest BCUT2D eigenvalue weighted by Gasteiger charge is 2.09. The average molecular weight is 274 g/mol. The van der Waals surface area contributed by atoms with E-state index < -0.39 is 11.8 Å². The van der Waals surface area contributed by atoms with Crippen LogP contribution in [0, 0.1) is 5.82 Å². The summed E-state index contributed by atoms with van der Waals surface area (Å²) in [6.45, 7) is 1.38. The van der Waals surface area contributed by atoms with Crippen molar-refractivity contribution in [1.29, 1.82) is 0 Å². The number of carbonyl (C=O) groups excluding carboxylic acids is 1. The quantitative estimate of drug-likeness (QED) is 0.469. The van der Waals surface area contributed by atoms with Gasteiger partial charge in [0.1, 0.15) is 12.4 Å². The number of ether oxygens (including phenoxy) is 3. The second-order valence-corrected chi connectivity index (χ2v) is 3.89. The summed E-state index contributed by atoms with van der Waals surface area (Å²) in [5.41, 5.74) is 0.262. The van der Waals surface area contributed by atoms with Gasteiger partial charge in [-0.15, -0.1) is 12.6 Å². The lowest BCUT2D eigenvalue weighted by Gasteiger charge is -2.06. The van der Waals surface area contributed by atoms with Crippen LogP contribution < -0.4 is 0 Å². The van der Waals surface area contributed by atoms with Crippen molar-refractivity contribution in [3.05, 3.63) is 29.6 Å². The van der Waals surface area contributed by atoms with E-state index in [1.165, 1.54) is 18.2 Å². The Morgan fingerprint density at radius 2 is 2.00 bits per heavy atom. The molecule has 100 valence electrons. The molecule has 0 aliphatic heterocycles. The number of methoxy groups -OCH3 is 1. The summed E-state index contributed by atoms with van der Waals surface area (Å²) in [7, 11) is 1.58. The molecule has 0 fully saturated rings. The van der Waals surface area contributed by atoms with Gasteiger partial charge in [0.2, 0.25) is 0 Å². The summed E-state index contributed by atoms with van der Waals surface area (Å²) in [6, 6.07) is 3.85. The summed E-state index contributed by atoms with van der Waals surface area (Å²) >= 11 is 3.89. The number of benzene rings is 1. The fourth-order valence-electron chi connectivity index (χ4n) is 1.16. The molecule has 0 amide bonds. The summed E-state index contributed by atoms with van der Waals surface area (Å²) in [6.07, 6.45) is 0. The fraction of sp³-hybridized carbons (Fsp3) is 0.417. The van der Waals surface area contributed by atoms with Crippen LogP contribution in [0.15, 0.2) is 23.1 Å². The maximum Gasteiger partial charge on any atom is 0.338 e. The first-order valence-corrected chi connectivity index (χ1v) is 5.82. The van der Waals surface area contributed by atoms with Gasteiger partial charge in [-0.1, -0.05) is 0 Å². The Morgan fingerprint density at radius 1 is 1.28 bits per heavy atom. The molecule has 0 heterocycles. The maximum atomic E-state index is 12.9. The molecule has 6 heteroatoms. The second kappa shape index (κ2) is 8.07. The lowest BCUT2D eigenvalue weighted by molar-refractivity contribution is 0.0213. The first kappa shape index (κ1) is 14.9. The standard InChI is InChI=1S/C12H15FO4S/c1-15-4-5-16-6-7-17-12(14)9-2-3-10(13)11(18)8-9/h2-3,8,18H,4-7H2,1H3. The normalized spacial score (nSPS) is 10.4. The zero-order chi connectivity index (χ0) is 13.4. The number of halogens is 1. The molecule has 0 N–H and O–H groups in total. The molecule has 1 aromatic carbocycles. The number of carbonyl (C=O) groups is 1. The molecule has 18 heavy (non-hydrogen) atoms. The van der Waals surface area contributed by atoms with Crippen LogP contribution >= 0.6 is 12.6 Å². The molecule has 4 nitrogen and oxygen atoms in total. The van der Waals surface area contributed by atoms with Crippen molar-refractivity contribution < 1.29 is 23.4 Å². The molecule has 0 saturated heterocycles. The van der Waals surface area contributed by atoms with E-state index in [4.69, 9.17) is 14.2 Å². The summed E-state index contributed by atoms with van der Waals surface area (Å²) in [5, 5.41) is 0. The monoisotopic (exact) mass is 274 g/mol. The highest BCUT2D eigenvalue weighted by molar-refractivity contribution is 7.80. The van der Waals surface area contributed by atoms with E-state index in [0.29, 0.717) is 19.8 Å². The maximum absolute atomic E-state index is 12.9. The van der Waals surface area contributed by atoms with Crippen molar-refractivity contribution in [1.82, 2.24) is 0 Å². The average Bonchev–Trinajstić information content (AvgIpc) is 2.36. The summed E-state index contributed by atoms with van der Waals surface area (Å²) in [4.78, 5) is 11.7. The topological polar surface area (TPSA) is 44.8 Å². The molecular formula is C12H15FO4S. The van der Waals surface area contributed by atoms with E-state index in [0.717, 1.165) is 0 Å². The largest absolute Gasteiger partial charge is 0.460 e. The van der Waals surface area contributed by atoms with Crippen LogP contribution in [0.2, 0.25) is 0 Å². The second-order valence-electron chi connectivity index (χ2n) is 3.41. The van der Waals surface area contributed by atoms with Crippen molar-refractivity contribution in [3.63, 3.8) is 0 Å². The molecule has 0 bridgehead atoms. The van der Waals surface area contributed by atoms with Crippen LogP contribution in [0.4, 0.5) is 4.39 Å². The molecular weight excluding hydrogens is 259 g/mol. The molecule has 0 radical (unpaired) electrons. The minimum absolute atomic E-state index is 0.112. The van der Waals surface area contributed by atoms with Crippen molar-refractivity contribution in [2.75, 3.05) is 33.5 Å². The third-order valence-corrected chi connectivity index (χ3v) is 2.42. The van der Waals surface area contributed by atoms with Gasteiger partial charge >= 0.3 is 5.97 Å². The van der Waals surface area contributed by atoms with Crippen LogP contribution in [-0.2, 0) is 14.2 Å². The molecule has 1 aromatic rings. The van der Waals surface area contributed by atoms with E-state index in [1.807, 2.05) is 0 Å². The van der Waals surface area contributed by atoms with Crippen molar-refractivity contribution in [3.8, 4) is 0 Å². The zero-order valence-corrected chi connectivity index (χ0v) is 10.9. The number of hydrogen-bond donors (Lipinski definition) is 1. The Kier molecular flexibility index (Phi) is 6.70. The van der Waals surface area contributed by atoms with Crippen LogP contribution in [0.3, 0.4) is 0 Å². The molecule has 0 atom stereocenters. The van der Waals surface area contributed by atoms with Crippen molar-refractivity contribution in [2.45, 2.75) is 4.90 Å². The first-order chi connectivity index (χ1) is 8.65. The van der Waals surface area contributed by atoms with Crippen molar-refractivity contribution >= 4 is 18.6 Å². The molecule has 0 aliphatic rings. The van der Waals surface area contributed by atoms with E-state index >= 15 is 0 Å². The predicted octanol–water partition coefficient (Wildman–Crippen LogP) is 1.93. The van der Waals surface area contributed by atoms with Gasteiger partial charge in [0.15, 0.2) is 0 Å². The van der Waals surface area contributed by atoms with Gasteiger partial charge in [-0.25, -0.2) is 9.18 Å². The minimum Gasteiger partial charge on any atom is -0.460 e. The van der Waals surface area contributed by atoms with Crippen LogP contribution in [0.1, 0.15) is 10.4 Å².